The number of morpholine rings is 1. The number of hydrogen-bond acceptors (Lipinski definition) is 5. The van der Waals surface area contributed by atoms with E-state index in [1.807, 2.05) is 19.1 Å². The van der Waals surface area contributed by atoms with Gasteiger partial charge in [-0.2, -0.15) is 0 Å². The Bertz CT molecular complexity index is 649. The molecule has 8 nitrogen and oxygen atoms in total. The number of aryl methyl sites for hydroxylation is 1. The van der Waals surface area contributed by atoms with Crippen molar-refractivity contribution in [2.75, 3.05) is 51.7 Å². The first kappa shape index (κ1) is 22.1. The molecular formula is C20H34N6O2. The SMILES string of the molecule is CN=C(NCCC(=O)Nc1cccc(C)n1)NCC1CN(CC(C)C)CCO1. The maximum atomic E-state index is 12.0. The van der Waals surface area contributed by atoms with Crippen LogP contribution >= 0.6 is 0 Å². The smallest absolute Gasteiger partial charge is 0.227 e. The van der Waals surface area contributed by atoms with E-state index in [-0.39, 0.29) is 12.0 Å². The molecule has 1 atom stereocenters. The Labute approximate surface area is 168 Å². The van der Waals surface area contributed by atoms with Gasteiger partial charge in [0.1, 0.15) is 5.82 Å². The maximum absolute atomic E-state index is 12.0. The molecule has 1 fully saturated rings. The summed E-state index contributed by atoms with van der Waals surface area (Å²) in [6.07, 6.45) is 0.472. The molecule has 1 saturated heterocycles. The number of carbonyl (C=O) groups excluding carboxylic acids is 1. The van der Waals surface area contributed by atoms with Crippen LogP contribution in [0.3, 0.4) is 0 Å². The lowest BCUT2D eigenvalue weighted by Crippen LogP contribution is -2.50. The summed E-state index contributed by atoms with van der Waals surface area (Å²) in [5, 5.41) is 9.26. The van der Waals surface area contributed by atoms with Crippen LogP contribution in [0.2, 0.25) is 0 Å². The van der Waals surface area contributed by atoms with Gasteiger partial charge >= 0.3 is 0 Å². The van der Waals surface area contributed by atoms with Gasteiger partial charge in [-0.3, -0.25) is 14.7 Å². The predicted octanol–water partition coefficient (Wildman–Crippen LogP) is 1.24. The van der Waals surface area contributed by atoms with Gasteiger partial charge in [0.15, 0.2) is 5.96 Å². The number of hydrogen-bond donors (Lipinski definition) is 3. The second-order valence-electron chi connectivity index (χ2n) is 7.49. The third kappa shape index (κ3) is 8.22. The zero-order valence-electron chi connectivity index (χ0n) is 17.5. The fourth-order valence-electron chi connectivity index (χ4n) is 3.13. The fraction of sp³-hybridized carbons (Fsp3) is 0.650. The molecule has 1 aromatic heterocycles. The van der Waals surface area contributed by atoms with E-state index >= 15 is 0 Å². The van der Waals surface area contributed by atoms with E-state index in [0.29, 0.717) is 37.2 Å². The van der Waals surface area contributed by atoms with Crippen molar-refractivity contribution in [3.05, 3.63) is 23.9 Å². The van der Waals surface area contributed by atoms with E-state index in [9.17, 15) is 4.79 Å². The Kier molecular flexibility index (Phi) is 9.16. The van der Waals surface area contributed by atoms with Crippen molar-refractivity contribution in [3.63, 3.8) is 0 Å². The maximum Gasteiger partial charge on any atom is 0.227 e. The summed E-state index contributed by atoms with van der Waals surface area (Å²) >= 11 is 0. The molecule has 1 aromatic rings. The fourth-order valence-corrected chi connectivity index (χ4v) is 3.13. The molecule has 0 radical (unpaired) electrons. The van der Waals surface area contributed by atoms with E-state index in [1.165, 1.54) is 0 Å². The van der Waals surface area contributed by atoms with Gasteiger partial charge in [-0.05, 0) is 25.0 Å². The van der Waals surface area contributed by atoms with E-state index in [4.69, 9.17) is 4.74 Å². The highest BCUT2D eigenvalue weighted by Crippen LogP contribution is 2.07. The van der Waals surface area contributed by atoms with E-state index < -0.39 is 0 Å². The zero-order valence-corrected chi connectivity index (χ0v) is 17.5. The van der Waals surface area contributed by atoms with Crippen LogP contribution < -0.4 is 16.0 Å². The number of aromatic nitrogens is 1. The molecule has 28 heavy (non-hydrogen) atoms. The van der Waals surface area contributed by atoms with Crippen molar-refractivity contribution < 1.29 is 9.53 Å². The molecule has 0 spiro atoms. The molecule has 1 aliphatic heterocycles. The lowest BCUT2D eigenvalue weighted by molar-refractivity contribution is -0.116. The number of pyridine rings is 1. The zero-order chi connectivity index (χ0) is 20.4. The quantitative estimate of drug-likeness (QED) is 0.457. The molecule has 1 aliphatic rings. The Morgan fingerprint density at radius 2 is 2.21 bits per heavy atom. The van der Waals surface area contributed by atoms with Crippen molar-refractivity contribution in [2.45, 2.75) is 33.3 Å². The number of nitrogens with one attached hydrogen (secondary N) is 3. The van der Waals surface area contributed by atoms with Crippen molar-refractivity contribution in [2.24, 2.45) is 10.9 Å². The highest BCUT2D eigenvalue weighted by atomic mass is 16.5. The monoisotopic (exact) mass is 390 g/mol. The number of guanidine groups is 1. The third-order valence-corrected chi connectivity index (χ3v) is 4.37. The van der Waals surface area contributed by atoms with Crippen LogP contribution in [0.15, 0.2) is 23.2 Å². The van der Waals surface area contributed by atoms with Gasteiger partial charge in [0.25, 0.3) is 0 Å². The molecule has 1 amide bonds. The van der Waals surface area contributed by atoms with Crippen molar-refractivity contribution in [3.8, 4) is 0 Å². The van der Waals surface area contributed by atoms with Crippen molar-refractivity contribution in [1.29, 1.82) is 0 Å². The topological polar surface area (TPSA) is 90.9 Å². The first-order valence-electron chi connectivity index (χ1n) is 9.98. The second kappa shape index (κ2) is 11.6. The van der Waals surface area contributed by atoms with Gasteiger partial charge in [0, 0.05) is 51.9 Å². The number of carbonyl (C=O) groups is 1. The molecule has 8 heteroatoms. The van der Waals surface area contributed by atoms with Gasteiger partial charge < -0.3 is 20.7 Å². The van der Waals surface area contributed by atoms with Gasteiger partial charge in [-0.1, -0.05) is 19.9 Å². The van der Waals surface area contributed by atoms with Gasteiger partial charge in [-0.25, -0.2) is 4.98 Å². The minimum atomic E-state index is -0.0824. The number of nitrogens with zero attached hydrogens (tertiary/aromatic N) is 3. The van der Waals surface area contributed by atoms with Gasteiger partial charge in [0.2, 0.25) is 5.91 Å². The number of anilines is 1. The van der Waals surface area contributed by atoms with E-state index in [2.05, 4.69) is 44.7 Å². The molecule has 2 rings (SSSR count). The lowest BCUT2D eigenvalue weighted by atomic mass is 10.2. The largest absolute Gasteiger partial charge is 0.374 e. The Morgan fingerprint density at radius 1 is 1.39 bits per heavy atom. The van der Waals surface area contributed by atoms with Crippen molar-refractivity contribution >= 4 is 17.7 Å². The first-order chi connectivity index (χ1) is 13.5. The van der Waals surface area contributed by atoms with Crippen LogP contribution in [0.1, 0.15) is 26.0 Å². The molecule has 2 heterocycles. The number of aliphatic imine (C=N–C) groups is 1. The number of rotatable bonds is 8. The average Bonchev–Trinajstić information content (AvgIpc) is 2.64. The van der Waals surface area contributed by atoms with Crippen LogP contribution in [-0.2, 0) is 9.53 Å². The molecule has 1 unspecified atom stereocenters. The molecule has 0 bridgehead atoms. The van der Waals surface area contributed by atoms with Crippen LogP contribution in [0.5, 0.6) is 0 Å². The van der Waals surface area contributed by atoms with Crippen LogP contribution in [-0.4, -0.2) is 74.2 Å². The van der Waals surface area contributed by atoms with Crippen LogP contribution in [0.25, 0.3) is 0 Å². The average molecular weight is 391 g/mol. The Hall–Kier alpha value is -2.19. The number of amides is 1. The highest BCUT2D eigenvalue weighted by molar-refractivity contribution is 5.90. The summed E-state index contributed by atoms with van der Waals surface area (Å²) < 4.78 is 5.85. The second-order valence-corrected chi connectivity index (χ2v) is 7.49. The molecule has 0 aromatic carbocycles. The summed E-state index contributed by atoms with van der Waals surface area (Å²) in [4.78, 5) is 23.0. The summed E-state index contributed by atoms with van der Waals surface area (Å²) in [6.45, 7) is 11.3. The summed E-state index contributed by atoms with van der Waals surface area (Å²) in [5.74, 6) is 1.82. The van der Waals surface area contributed by atoms with E-state index in [0.717, 1.165) is 31.9 Å². The first-order valence-corrected chi connectivity index (χ1v) is 9.98. The third-order valence-electron chi connectivity index (χ3n) is 4.37. The minimum absolute atomic E-state index is 0.0824. The molecule has 156 valence electrons. The Balaban J connectivity index is 1.66. The molecule has 0 saturated carbocycles. The Morgan fingerprint density at radius 3 is 2.93 bits per heavy atom. The van der Waals surface area contributed by atoms with Crippen molar-refractivity contribution in [1.82, 2.24) is 20.5 Å². The summed E-state index contributed by atoms with van der Waals surface area (Å²) in [6, 6.07) is 5.55. The summed E-state index contributed by atoms with van der Waals surface area (Å²) in [5.41, 5.74) is 0.873. The number of ether oxygens (including phenoxy) is 1. The molecule has 3 N–H and O–H groups in total. The van der Waals surface area contributed by atoms with E-state index in [1.54, 1.807) is 13.1 Å². The standard InChI is InChI=1S/C20H34N6O2/c1-15(2)13-26-10-11-28-17(14-26)12-23-20(21-4)22-9-8-19(27)25-18-7-5-6-16(3)24-18/h5-7,15,17H,8-14H2,1-4H3,(H2,21,22,23)(H,24,25,27). The van der Waals surface area contributed by atoms with Crippen LogP contribution in [0.4, 0.5) is 5.82 Å². The minimum Gasteiger partial charge on any atom is -0.374 e. The van der Waals surface area contributed by atoms with Gasteiger partial charge in [-0.15, -0.1) is 0 Å². The summed E-state index contributed by atoms with van der Waals surface area (Å²) in [7, 11) is 1.72. The molecular weight excluding hydrogens is 356 g/mol. The molecule has 0 aliphatic carbocycles. The normalized spacial score (nSPS) is 18.2. The predicted molar refractivity (Wildman–Crippen MR) is 113 cm³/mol. The van der Waals surface area contributed by atoms with Gasteiger partial charge in [0.05, 0.1) is 12.7 Å². The highest BCUT2D eigenvalue weighted by Gasteiger charge is 2.21. The van der Waals surface area contributed by atoms with Crippen LogP contribution in [0, 0.1) is 12.8 Å². The lowest BCUT2D eigenvalue weighted by Gasteiger charge is -2.34.